The van der Waals surface area contributed by atoms with E-state index in [0.29, 0.717) is 5.92 Å². The van der Waals surface area contributed by atoms with Crippen LogP contribution in [0.2, 0.25) is 32.7 Å². The van der Waals surface area contributed by atoms with E-state index in [1.165, 1.54) is 78.5 Å². The minimum Gasteiger partial charge on any atom is -1.00 e. The maximum absolute atomic E-state index is 2.41. The number of halogens is 2. The van der Waals surface area contributed by atoms with Gasteiger partial charge in [-0.05, 0) is 34.4 Å². The Morgan fingerprint density at radius 2 is 1.18 bits per heavy atom. The first-order chi connectivity index (χ1) is 22.6. The predicted molar refractivity (Wildman–Crippen MR) is 217 cm³/mol. The Morgan fingerprint density at radius 3 is 1.64 bits per heavy atom. The van der Waals surface area contributed by atoms with Gasteiger partial charge in [-0.25, -0.2) is 0 Å². The van der Waals surface area contributed by atoms with Crippen LogP contribution in [0.25, 0.3) is 43.8 Å². The molecule has 5 heteroatoms. The van der Waals surface area contributed by atoms with Gasteiger partial charge in [-0.1, -0.05) is 145 Å². The summed E-state index contributed by atoms with van der Waals surface area (Å²) in [5, 5.41) is 6.98. The van der Waals surface area contributed by atoms with Gasteiger partial charge in [0, 0.05) is 0 Å². The van der Waals surface area contributed by atoms with Crippen LogP contribution in [0.1, 0.15) is 70.1 Å². The Bertz CT molecular complexity index is 1950. The van der Waals surface area contributed by atoms with Gasteiger partial charge in [0.2, 0.25) is 0 Å². The first kappa shape index (κ1) is 44.2. The SMILES string of the molecule is CCCC(C)c1cc2c(-c3ccc(C(C)(C)C)cc3)cccc2[cH-]1.C[Si](C)=[Zr+2].Cc1cc2c(-c3ccc([Si](C)(C)C)cc3)cccc2[cH-]1.[Cl-].[Cl-]. The van der Waals surface area contributed by atoms with Crippen LogP contribution in [-0.4, -0.2) is 13.5 Å². The van der Waals surface area contributed by atoms with Crippen LogP contribution in [0, 0.1) is 6.92 Å². The van der Waals surface area contributed by atoms with Crippen molar-refractivity contribution in [1.82, 2.24) is 0 Å². The smallest absolute Gasteiger partial charge is 0.0775 e. The van der Waals surface area contributed by atoms with Gasteiger partial charge in [-0.15, -0.1) is 69.1 Å². The Hall–Kier alpha value is -2.00. The van der Waals surface area contributed by atoms with Gasteiger partial charge in [0.05, 0.1) is 8.07 Å². The molecule has 0 aliphatic heterocycles. The second-order valence-corrected chi connectivity index (χ2v) is 30.2. The molecule has 50 heavy (non-hydrogen) atoms. The van der Waals surface area contributed by atoms with E-state index in [9.17, 15) is 0 Å². The summed E-state index contributed by atoms with van der Waals surface area (Å²) in [6.07, 6.45) is 2.50. The molecule has 0 heterocycles. The summed E-state index contributed by atoms with van der Waals surface area (Å²) in [5.74, 6) is 0.638. The Kier molecular flexibility index (Phi) is 16.9. The summed E-state index contributed by atoms with van der Waals surface area (Å²) < 4.78 is 0. The molecule has 1 unspecified atom stereocenters. The van der Waals surface area contributed by atoms with E-state index >= 15 is 0 Å². The van der Waals surface area contributed by atoms with Crippen LogP contribution in [0.15, 0.2) is 109 Å². The fraction of sp³-hybridized carbons (Fsp3) is 0.333. The molecular weight excluding hydrogens is 759 g/mol. The van der Waals surface area contributed by atoms with E-state index in [1.54, 1.807) is 23.3 Å². The molecule has 0 aromatic heterocycles. The summed E-state index contributed by atoms with van der Waals surface area (Å²) in [5.41, 5.74) is 9.95. The molecule has 0 saturated carbocycles. The van der Waals surface area contributed by atoms with E-state index in [1.807, 2.05) is 0 Å². The van der Waals surface area contributed by atoms with Crippen LogP contribution < -0.4 is 30.0 Å². The number of fused-ring (bicyclic) bond motifs is 2. The van der Waals surface area contributed by atoms with Crippen molar-refractivity contribution in [2.75, 3.05) is 0 Å². The zero-order valence-electron chi connectivity index (χ0n) is 32.1. The van der Waals surface area contributed by atoms with Crippen molar-refractivity contribution >= 4 is 40.2 Å². The molecule has 0 saturated heterocycles. The maximum Gasteiger partial charge on any atom is 0.0775 e. The molecule has 6 aromatic carbocycles. The molecule has 264 valence electrons. The van der Waals surface area contributed by atoms with E-state index in [0.717, 1.165) is 0 Å². The quantitative estimate of drug-likeness (QED) is 0.123. The van der Waals surface area contributed by atoms with E-state index in [-0.39, 0.29) is 35.7 Å². The fourth-order valence-corrected chi connectivity index (χ4v) is 7.50. The number of rotatable bonds is 6. The van der Waals surface area contributed by atoms with Gasteiger partial charge in [0.1, 0.15) is 0 Å². The van der Waals surface area contributed by atoms with E-state index < -0.39 is 8.07 Å². The normalized spacial score (nSPS) is 11.8. The topological polar surface area (TPSA) is 0 Å². The van der Waals surface area contributed by atoms with Gasteiger partial charge in [0.15, 0.2) is 0 Å². The summed E-state index contributed by atoms with van der Waals surface area (Å²) in [4.78, 5) is 0. The molecule has 0 N–H and O–H groups in total. The fourth-order valence-electron chi connectivity index (χ4n) is 6.33. The van der Waals surface area contributed by atoms with Crippen molar-refractivity contribution in [3.8, 4) is 22.3 Å². The third-order valence-corrected chi connectivity index (χ3v) is 11.1. The monoisotopic (exact) mass is 812 g/mol. The van der Waals surface area contributed by atoms with Crippen LogP contribution in [-0.2, 0) is 28.8 Å². The Morgan fingerprint density at radius 1 is 0.720 bits per heavy atom. The molecule has 0 spiro atoms. The first-order valence-corrected chi connectivity index (χ1v) is 27.4. The molecule has 6 aromatic rings. The predicted octanol–water partition coefficient (Wildman–Crippen LogP) is 7.30. The third kappa shape index (κ3) is 11.8. The minimum atomic E-state index is -1.21. The zero-order valence-corrected chi connectivity index (χ0v) is 38.1. The minimum absolute atomic E-state index is 0. The average molecular weight is 815 g/mol. The van der Waals surface area contributed by atoms with Gasteiger partial charge < -0.3 is 24.8 Å². The largest absolute Gasteiger partial charge is 1.00 e. The molecular formula is C45H56Cl2Si2Zr-2. The summed E-state index contributed by atoms with van der Waals surface area (Å²) in [6, 6.07) is 40.9. The number of hydrogen-bond acceptors (Lipinski definition) is 0. The van der Waals surface area contributed by atoms with E-state index in [2.05, 4.69) is 183 Å². The van der Waals surface area contributed by atoms with E-state index in [4.69, 9.17) is 0 Å². The average Bonchev–Trinajstić information content (AvgIpc) is 3.63. The van der Waals surface area contributed by atoms with Crippen LogP contribution in [0.3, 0.4) is 0 Å². The molecule has 0 fully saturated rings. The van der Waals surface area contributed by atoms with Gasteiger partial charge in [0.25, 0.3) is 0 Å². The van der Waals surface area contributed by atoms with Crippen molar-refractivity contribution < 1.29 is 48.1 Å². The van der Waals surface area contributed by atoms with Crippen molar-refractivity contribution in [2.45, 2.75) is 98.5 Å². The molecule has 0 radical (unpaired) electrons. The van der Waals surface area contributed by atoms with Gasteiger partial charge in [-0.3, -0.25) is 0 Å². The second kappa shape index (κ2) is 19.2. The van der Waals surface area contributed by atoms with Crippen molar-refractivity contribution in [1.29, 1.82) is 0 Å². The number of aryl methyl sites for hydroxylation is 1. The molecule has 0 amide bonds. The van der Waals surface area contributed by atoms with Crippen molar-refractivity contribution in [3.05, 3.63) is 126 Å². The summed E-state index contributed by atoms with van der Waals surface area (Å²) >= 11 is 1.74. The third-order valence-electron chi connectivity index (χ3n) is 9.08. The Balaban J connectivity index is 0.000000306. The molecule has 6 rings (SSSR count). The first-order valence-electron chi connectivity index (χ1n) is 17.7. The second-order valence-electron chi connectivity index (χ2n) is 15.8. The van der Waals surface area contributed by atoms with Crippen molar-refractivity contribution in [3.63, 3.8) is 0 Å². The number of benzene rings is 4. The zero-order chi connectivity index (χ0) is 35.2. The Labute approximate surface area is 332 Å². The van der Waals surface area contributed by atoms with Crippen LogP contribution >= 0.6 is 0 Å². The molecule has 0 aliphatic carbocycles. The molecule has 1 atom stereocenters. The summed E-state index contributed by atoms with van der Waals surface area (Å²) in [6.45, 7) is 25.4. The van der Waals surface area contributed by atoms with Crippen LogP contribution in [0.4, 0.5) is 0 Å². The molecule has 0 aliphatic rings. The standard InChI is InChI=1S/C24H29.C19H21Si.C2H6Si.2ClH.Zr/c1-6-8-17(2)20-15-19-9-7-10-22(23(19)16-20)18-11-13-21(14-12-18)24(3,4)5;1-14-12-16-6-5-7-18(19(16)13-14)15-8-10-17(11-9-15)20(2,3)4;1-3-2;;;/h7,9-17H,6,8H2,1-5H3;5-13H,1-4H3;1-2H3;2*1H;/q2*-1;;;;+2/p-2. The molecule has 0 bridgehead atoms. The number of hydrogen-bond donors (Lipinski definition) is 0. The van der Waals surface area contributed by atoms with Crippen LogP contribution in [0.5, 0.6) is 0 Å². The molecule has 0 nitrogen and oxygen atoms in total. The summed E-state index contributed by atoms with van der Waals surface area (Å²) in [7, 11) is -1.21. The van der Waals surface area contributed by atoms with Gasteiger partial charge >= 0.3 is 41.9 Å². The van der Waals surface area contributed by atoms with Crippen molar-refractivity contribution in [2.24, 2.45) is 0 Å². The van der Waals surface area contributed by atoms with Gasteiger partial charge in [-0.2, -0.15) is 12.1 Å². The maximum atomic E-state index is 2.41.